The van der Waals surface area contributed by atoms with Gasteiger partial charge >= 0.3 is 0 Å². The van der Waals surface area contributed by atoms with E-state index in [1.54, 1.807) is 48.5 Å². The summed E-state index contributed by atoms with van der Waals surface area (Å²) < 4.78 is 0. The van der Waals surface area contributed by atoms with Gasteiger partial charge in [-0.25, -0.2) is 0 Å². The van der Waals surface area contributed by atoms with E-state index in [0.717, 1.165) is 11.1 Å². The van der Waals surface area contributed by atoms with Crippen LogP contribution in [0.15, 0.2) is 48.5 Å². The Kier molecular flexibility index (Phi) is 4.61. The SMILES string of the molecule is OCC(c1ccc(O)cc1)C(CO)c1ccc(O)cc1. The van der Waals surface area contributed by atoms with Crippen molar-refractivity contribution in [2.24, 2.45) is 0 Å². The maximum Gasteiger partial charge on any atom is 0.115 e. The zero-order valence-electron chi connectivity index (χ0n) is 11.0. The average molecular weight is 274 g/mol. The first-order valence-corrected chi connectivity index (χ1v) is 6.45. The molecule has 106 valence electrons. The predicted molar refractivity (Wildman–Crippen MR) is 75.9 cm³/mol. The van der Waals surface area contributed by atoms with E-state index in [1.807, 2.05) is 0 Å². The van der Waals surface area contributed by atoms with Crippen molar-refractivity contribution in [1.82, 2.24) is 0 Å². The van der Waals surface area contributed by atoms with Gasteiger partial charge in [-0.2, -0.15) is 0 Å². The molecule has 2 aromatic carbocycles. The predicted octanol–water partition coefficient (Wildman–Crippen LogP) is 1.95. The summed E-state index contributed by atoms with van der Waals surface area (Å²) in [6, 6.07) is 13.2. The highest BCUT2D eigenvalue weighted by molar-refractivity contribution is 5.34. The molecule has 0 radical (unpaired) electrons. The molecule has 0 aromatic heterocycles. The molecule has 2 rings (SSSR count). The average Bonchev–Trinajstić information content (AvgIpc) is 2.47. The van der Waals surface area contributed by atoms with Crippen LogP contribution in [0.25, 0.3) is 0 Å². The van der Waals surface area contributed by atoms with Crippen LogP contribution in [0.3, 0.4) is 0 Å². The number of benzene rings is 2. The van der Waals surface area contributed by atoms with Crippen LogP contribution in [0.2, 0.25) is 0 Å². The van der Waals surface area contributed by atoms with Crippen molar-refractivity contribution in [2.75, 3.05) is 13.2 Å². The van der Waals surface area contributed by atoms with Gasteiger partial charge < -0.3 is 20.4 Å². The van der Waals surface area contributed by atoms with Crippen LogP contribution < -0.4 is 0 Å². The Labute approximate surface area is 117 Å². The van der Waals surface area contributed by atoms with E-state index in [1.165, 1.54) is 0 Å². The fourth-order valence-corrected chi connectivity index (χ4v) is 2.37. The second kappa shape index (κ2) is 6.41. The van der Waals surface area contributed by atoms with E-state index >= 15 is 0 Å². The summed E-state index contributed by atoms with van der Waals surface area (Å²) in [6.45, 7) is -0.228. The normalized spacial score (nSPS) is 13.9. The van der Waals surface area contributed by atoms with Crippen molar-refractivity contribution >= 4 is 0 Å². The highest BCUT2D eigenvalue weighted by Gasteiger charge is 2.23. The lowest BCUT2D eigenvalue weighted by molar-refractivity contribution is 0.196. The van der Waals surface area contributed by atoms with Gasteiger partial charge in [-0.3, -0.25) is 0 Å². The third-order valence-electron chi connectivity index (χ3n) is 3.52. The van der Waals surface area contributed by atoms with E-state index in [-0.39, 0.29) is 36.5 Å². The van der Waals surface area contributed by atoms with Crippen molar-refractivity contribution in [3.63, 3.8) is 0 Å². The maximum atomic E-state index is 9.64. The van der Waals surface area contributed by atoms with E-state index in [0.29, 0.717) is 0 Å². The molecule has 2 unspecified atom stereocenters. The number of rotatable bonds is 5. The Bertz CT molecular complexity index is 482. The van der Waals surface area contributed by atoms with Gasteiger partial charge in [0.05, 0.1) is 13.2 Å². The molecule has 4 nitrogen and oxygen atoms in total. The van der Waals surface area contributed by atoms with Crippen molar-refractivity contribution in [2.45, 2.75) is 11.8 Å². The van der Waals surface area contributed by atoms with E-state index in [9.17, 15) is 20.4 Å². The van der Waals surface area contributed by atoms with Crippen LogP contribution in [0, 0.1) is 0 Å². The van der Waals surface area contributed by atoms with E-state index in [2.05, 4.69) is 0 Å². The first kappa shape index (κ1) is 14.4. The Morgan fingerprint density at radius 1 is 0.600 bits per heavy atom. The van der Waals surface area contributed by atoms with E-state index in [4.69, 9.17) is 0 Å². The second-order valence-electron chi connectivity index (χ2n) is 4.76. The molecule has 20 heavy (non-hydrogen) atoms. The Morgan fingerprint density at radius 3 is 1.15 bits per heavy atom. The Balaban J connectivity index is 2.32. The molecule has 2 atom stereocenters. The van der Waals surface area contributed by atoms with Gasteiger partial charge in [0, 0.05) is 11.8 Å². The summed E-state index contributed by atoms with van der Waals surface area (Å²) in [4.78, 5) is 0. The lowest BCUT2D eigenvalue weighted by Gasteiger charge is -2.25. The van der Waals surface area contributed by atoms with Gasteiger partial charge in [0.1, 0.15) is 11.5 Å². The number of phenols is 2. The van der Waals surface area contributed by atoms with Crippen LogP contribution >= 0.6 is 0 Å². The van der Waals surface area contributed by atoms with Crippen molar-refractivity contribution in [3.05, 3.63) is 59.7 Å². The maximum absolute atomic E-state index is 9.64. The number of aromatic hydroxyl groups is 2. The van der Waals surface area contributed by atoms with Crippen LogP contribution in [-0.4, -0.2) is 33.6 Å². The lowest BCUT2D eigenvalue weighted by Crippen LogP contribution is -2.18. The van der Waals surface area contributed by atoms with Gasteiger partial charge in [0.25, 0.3) is 0 Å². The Hall–Kier alpha value is -2.04. The van der Waals surface area contributed by atoms with Gasteiger partial charge in [0.15, 0.2) is 0 Å². The molecule has 2 aromatic rings. The van der Waals surface area contributed by atoms with Crippen LogP contribution in [0.5, 0.6) is 11.5 Å². The molecule has 0 fully saturated rings. The fraction of sp³-hybridized carbons (Fsp3) is 0.250. The smallest absolute Gasteiger partial charge is 0.115 e. The number of phenolic OH excluding ortho intramolecular Hbond substituents is 2. The molecule has 0 aliphatic rings. The minimum Gasteiger partial charge on any atom is -0.508 e. The first-order chi connectivity index (χ1) is 9.65. The highest BCUT2D eigenvalue weighted by Crippen LogP contribution is 2.33. The molecule has 0 bridgehead atoms. The molecule has 0 amide bonds. The van der Waals surface area contributed by atoms with Gasteiger partial charge in [0.2, 0.25) is 0 Å². The number of hydrogen-bond donors (Lipinski definition) is 4. The molecule has 4 heteroatoms. The fourth-order valence-electron chi connectivity index (χ4n) is 2.37. The topological polar surface area (TPSA) is 80.9 Å². The second-order valence-corrected chi connectivity index (χ2v) is 4.76. The first-order valence-electron chi connectivity index (χ1n) is 6.45. The van der Waals surface area contributed by atoms with Gasteiger partial charge in [-0.1, -0.05) is 24.3 Å². The summed E-state index contributed by atoms with van der Waals surface area (Å²) in [7, 11) is 0. The number of aliphatic hydroxyl groups is 2. The van der Waals surface area contributed by atoms with Crippen LogP contribution in [-0.2, 0) is 0 Å². The van der Waals surface area contributed by atoms with Crippen molar-refractivity contribution in [3.8, 4) is 11.5 Å². The summed E-state index contributed by atoms with van der Waals surface area (Å²) in [5.74, 6) is -0.221. The summed E-state index contributed by atoms with van der Waals surface area (Å²) >= 11 is 0. The molecule has 0 spiro atoms. The molecular weight excluding hydrogens is 256 g/mol. The standard InChI is InChI=1S/C16H18O4/c17-9-15(11-1-5-13(19)6-2-11)16(10-18)12-3-7-14(20)8-4-12/h1-8,15-20H,9-10H2. The summed E-state index contributed by atoms with van der Waals surface area (Å²) in [6.07, 6.45) is 0. The molecule has 0 aliphatic heterocycles. The molecule has 0 saturated heterocycles. The quantitative estimate of drug-likeness (QED) is 0.672. The molecular formula is C16H18O4. The lowest BCUT2D eigenvalue weighted by atomic mass is 9.82. The van der Waals surface area contributed by atoms with Gasteiger partial charge in [-0.05, 0) is 35.4 Å². The third-order valence-corrected chi connectivity index (χ3v) is 3.52. The van der Waals surface area contributed by atoms with Crippen LogP contribution in [0.4, 0.5) is 0 Å². The van der Waals surface area contributed by atoms with Crippen molar-refractivity contribution < 1.29 is 20.4 Å². The van der Waals surface area contributed by atoms with E-state index < -0.39 is 0 Å². The van der Waals surface area contributed by atoms with Gasteiger partial charge in [-0.15, -0.1) is 0 Å². The molecule has 4 N–H and O–H groups in total. The largest absolute Gasteiger partial charge is 0.508 e. The minimum absolute atomic E-state index is 0.114. The zero-order valence-corrected chi connectivity index (χ0v) is 11.0. The van der Waals surface area contributed by atoms with Crippen LogP contribution in [0.1, 0.15) is 23.0 Å². The number of aliphatic hydroxyl groups excluding tert-OH is 2. The Morgan fingerprint density at radius 2 is 0.900 bits per heavy atom. The third kappa shape index (κ3) is 3.10. The molecule has 0 heterocycles. The number of hydrogen-bond acceptors (Lipinski definition) is 4. The zero-order chi connectivity index (χ0) is 14.5. The molecule has 0 saturated carbocycles. The minimum atomic E-state index is -0.273. The highest BCUT2D eigenvalue weighted by atomic mass is 16.3. The van der Waals surface area contributed by atoms with Crippen molar-refractivity contribution in [1.29, 1.82) is 0 Å². The summed E-state index contributed by atoms with van der Waals surface area (Å²) in [5, 5.41) is 37.9. The summed E-state index contributed by atoms with van der Waals surface area (Å²) in [5.41, 5.74) is 1.69. The molecule has 0 aliphatic carbocycles. The monoisotopic (exact) mass is 274 g/mol.